The lowest BCUT2D eigenvalue weighted by Gasteiger charge is -2.14. The number of aromatic nitrogens is 3. The molecular weight excluding hydrogens is 416 g/mol. The Kier molecular flexibility index (Phi) is 4.96. The quantitative estimate of drug-likeness (QED) is 0.498. The molecule has 0 spiro atoms. The van der Waals surface area contributed by atoms with Gasteiger partial charge in [0.15, 0.2) is 0 Å². The number of nitrogen functional groups attached to an aromatic ring is 2. The number of pyridine rings is 1. The van der Waals surface area contributed by atoms with Crippen LogP contribution < -0.4 is 17.0 Å². The number of nitrogens with zero attached hydrogens (tertiary/aromatic N) is 4. The first-order valence-corrected chi connectivity index (χ1v) is 10.7. The van der Waals surface area contributed by atoms with Crippen molar-refractivity contribution in [1.82, 2.24) is 18.8 Å². The number of rotatable bonds is 4. The molecule has 0 saturated heterocycles. The third-order valence-electron chi connectivity index (χ3n) is 4.88. The summed E-state index contributed by atoms with van der Waals surface area (Å²) in [6.45, 7) is 0. The summed E-state index contributed by atoms with van der Waals surface area (Å²) in [5.74, 6) is -0.0240. The molecule has 158 valence electrons. The third-order valence-corrected chi connectivity index (χ3v) is 6.73. The molecular formula is C21H20N6O3S. The second-order valence-electron chi connectivity index (χ2n) is 7.07. The van der Waals surface area contributed by atoms with Crippen molar-refractivity contribution in [1.29, 1.82) is 0 Å². The Balaban J connectivity index is 1.92. The fourth-order valence-corrected chi connectivity index (χ4v) is 4.21. The Morgan fingerprint density at radius 3 is 2.35 bits per heavy atom. The number of sulfonamides is 1. The molecule has 31 heavy (non-hydrogen) atoms. The van der Waals surface area contributed by atoms with Crippen LogP contribution in [0.2, 0.25) is 0 Å². The average Bonchev–Trinajstić information content (AvgIpc) is 2.74. The van der Waals surface area contributed by atoms with Gasteiger partial charge in [-0.25, -0.2) is 27.3 Å². The van der Waals surface area contributed by atoms with Crippen molar-refractivity contribution in [3.05, 3.63) is 71.1 Å². The maximum absolute atomic E-state index is 13.2. The molecule has 0 radical (unpaired) electrons. The highest BCUT2D eigenvalue weighted by Crippen LogP contribution is 2.28. The summed E-state index contributed by atoms with van der Waals surface area (Å²) in [4.78, 5) is 21.5. The van der Waals surface area contributed by atoms with Crippen molar-refractivity contribution in [2.45, 2.75) is 4.90 Å². The minimum absolute atomic E-state index is 0.0740. The third kappa shape index (κ3) is 3.51. The molecule has 0 unspecified atom stereocenters. The molecule has 2 heterocycles. The summed E-state index contributed by atoms with van der Waals surface area (Å²) in [5, 5.41) is 0.337. The van der Waals surface area contributed by atoms with Gasteiger partial charge in [-0.15, -0.1) is 0 Å². The Morgan fingerprint density at radius 2 is 1.68 bits per heavy atom. The molecule has 10 heteroatoms. The van der Waals surface area contributed by atoms with Gasteiger partial charge in [-0.05, 0) is 35.9 Å². The fourth-order valence-electron chi connectivity index (χ4n) is 3.23. The second-order valence-corrected chi connectivity index (χ2v) is 9.19. The van der Waals surface area contributed by atoms with Crippen molar-refractivity contribution in [3.8, 4) is 16.8 Å². The predicted octanol–water partition coefficient (Wildman–Crippen LogP) is 1.86. The lowest BCUT2D eigenvalue weighted by Crippen LogP contribution is -2.23. The van der Waals surface area contributed by atoms with Gasteiger partial charge in [0.1, 0.15) is 10.7 Å². The molecule has 4 rings (SSSR count). The summed E-state index contributed by atoms with van der Waals surface area (Å²) < 4.78 is 27.5. The van der Waals surface area contributed by atoms with Gasteiger partial charge in [0.25, 0.3) is 5.56 Å². The molecule has 0 saturated carbocycles. The van der Waals surface area contributed by atoms with Crippen LogP contribution in [0.4, 0.5) is 11.8 Å². The first-order valence-electron chi connectivity index (χ1n) is 9.26. The van der Waals surface area contributed by atoms with Crippen LogP contribution in [0, 0.1) is 0 Å². The number of anilines is 2. The first kappa shape index (κ1) is 20.5. The molecule has 0 bridgehead atoms. The van der Waals surface area contributed by atoms with E-state index in [4.69, 9.17) is 11.5 Å². The van der Waals surface area contributed by atoms with Gasteiger partial charge in [-0.3, -0.25) is 4.79 Å². The number of hydrogen-bond donors (Lipinski definition) is 2. The minimum atomic E-state index is -3.79. The number of hydrogen-bond acceptors (Lipinski definition) is 7. The predicted molar refractivity (Wildman–Crippen MR) is 120 cm³/mol. The van der Waals surface area contributed by atoms with Gasteiger partial charge in [-0.2, -0.15) is 0 Å². The van der Waals surface area contributed by atoms with E-state index in [1.807, 2.05) is 6.07 Å². The summed E-state index contributed by atoms with van der Waals surface area (Å²) >= 11 is 0. The summed E-state index contributed by atoms with van der Waals surface area (Å²) in [6.07, 6.45) is 1.46. The molecule has 0 aliphatic rings. The number of benzene rings is 2. The van der Waals surface area contributed by atoms with E-state index in [2.05, 4.69) is 9.97 Å². The van der Waals surface area contributed by atoms with Crippen LogP contribution >= 0.6 is 0 Å². The topological polar surface area (TPSA) is 137 Å². The molecule has 0 atom stereocenters. The van der Waals surface area contributed by atoms with E-state index in [-0.39, 0.29) is 22.2 Å². The van der Waals surface area contributed by atoms with Gasteiger partial charge in [0, 0.05) is 25.9 Å². The van der Waals surface area contributed by atoms with E-state index in [1.165, 1.54) is 30.9 Å². The van der Waals surface area contributed by atoms with E-state index in [0.717, 1.165) is 4.31 Å². The van der Waals surface area contributed by atoms with Crippen LogP contribution in [-0.2, 0) is 10.0 Å². The molecule has 4 N–H and O–H groups in total. The van der Waals surface area contributed by atoms with Gasteiger partial charge in [0.2, 0.25) is 16.0 Å². The van der Waals surface area contributed by atoms with E-state index in [9.17, 15) is 13.2 Å². The molecule has 0 aliphatic carbocycles. The van der Waals surface area contributed by atoms with Crippen molar-refractivity contribution in [2.75, 3.05) is 25.6 Å². The fraction of sp³-hybridized carbons (Fsp3) is 0.0952. The number of nitrogens with two attached hydrogens (primary N) is 2. The first-order chi connectivity index (χ1) is 14.7. The Labute approximate surface area is 178 Å². The molecule has 0 amide bonds. The van der Waals surface area contributed by atoms with E-state index < -0.39 is 10.0 Å². The van der Waals surface area contributed by atoms with E-state index in [0.29, 0.717) is 27.7 Å². The Hall–Kier alpha value is -3.76. The van der Waals surface area contributed by atoms with Crippen LogP contribution in [0.3, 0.4) is 0 Å². The highest BCUT2D eigenvalue weighted by atomic mass is 32.2. The van der Waals surface area contributed by atoms with Crippen LogP contribution in [0.5, 0.6) is 0 Å². The van der Waals surface area contributed by atoms with E-state index in [1.54, 1.807) is 42.5 Å². The summed E-state index contributed by atoms with van der Waals surface area (Å²) in [7, 11) is -0.953. The standard InChI is InChI=1S/C21H20N6O3S/c1-26(2)31(29,30)18-11-14(12-24-19(18)22)13-8-9-17-16(10-13)20(28)27(21(23)25-17)15-6-4-3-5-7-15/h3-12H,1-2H3,(H2,22,24)(H2,23,25). The largest absolute Gasteiger partial charge is 0.383 e. The molecule has 9 nitrogen and oxygen atoms in total. The van der Waals surface area contributed by atoms with Crippen molar-refractivity contribution in [2.24, 2.45) is 0 Å². The second kappa shape index (κ2) is 7.49. The van der Waals surface area contributed by atoms with Crippen LogP contribution in [0.1, 0.15) is 0 Å². The molecule has 4 aromatic rings. The van der Waals surface area contributed by atoms with Crippen molar-refractivity contribution in [3.63, 3.8) is 0 Å². The number of para-hydroxylation sites is 1. The monoisotopic (exact) mass is 436 g/mol. The van der Waals surface area contributed by atoms with Crippen molar-refractivity contribution >= 4 is 32.7 Å². The lowest BCUT2D eigenvalue weighted by molar-refractivity contribution is 0.521. The van der Waals surface area contributed by atoms with Gasteiger partial charge in [0.05, 0.1) is 16.6 Å². The van der Waals surface area contributed by atoms with Crippen LogP contribution in [0.25, 0.3) is 27.7 Å². The van der Waals surface area contributed by atoms with Crippen LogP contribution in [0.15, 0.2) is 70.5 Å². The maximum Gasteiger partial charge on any atom is 0.267 e. The zero-order valence-corrected chi connectivity index (χ0v) is 17.7. The average molecular weight is 436 g/mol. The smallest absolute Gasteiger partial charge is 0.267 e. The van der Waals surface area contributed by atoms with Gasteiger partial charge < -0.3 is 11.5 Å². The lowest BCUT2D eigenvalue weighted by atomic mass is 10.1. The summed E-state index contributed by atoms with van der Waals surface area (Å²) in [5.41, 5.74) is 13.6. The SMILES string of the molecule is CN(C)S(=O)(=O)c1cc(-c2ccc3nc(N)n(-c4ccccc4)c(=O)c3c2)cnc1N. The highest BCUT2D eigenvalue weighted by Gasteiger charge is 2.22. The van der Waals surface area contributed by atoms with E-state index >= 15 is 0 Å². The minimum Gasteiger partial charge on any atom is -0.383 e. The molecule has 0 aliphatic heterocycles. The highest BCUT2D eigenvalue weighted by molar-refractivity contribution is 7.89. The molecule has 2 aromatic carbocycles. The number of fused-ring (bicyclic) bond motifs is 1. The Bertz CT molecular complexity index is 1460. The molecule has 0 fully saturated rings. The van der Waals surface area contributed by atoms with Crippen LogP contribution in [-0.4, -0.2) is 41.4 Å². The maximum atomic E-state index is 13.2. The zero-order chi connectivity index (χ0) is 22.3. The zero-order valence-electron chi connectivity index (χ0n) is 16.9. The van der Waals surface area contributed by atoms with Crippen molar-refractivity contribution < 1.29 is 8.42 Å². The summed E-state index contributed by atoms with van der Waals surface area (Å²) in [6, 6.07) is 15.4. The Morgan fingerprint density at radius 1 is 0.968 bits per heavy atom. The normalized spacial score (nSPS) is 11.8. The van der Waals surface area contributed by atoms with Gasteiger partial charge >= 0.3 is 0 Å². The molecule has 2 aromatic heterocycles. The van der Waals surface area contributed by atoms with Gasteiger partial charge in [-0.1, -0.05) is 24.3 Å².